The number of benzene rings is 2. The number of hydrogen-bond donors (Lipinski definition) is 4. The van der Waals surface area contributed by atoms with E-state index in [1.807, 2.05) is 58.8 Å². The van der Waals surface area contributed by atoms with E-state index in [0.29, 0.717) is 35.1 Å². The molecule has 0 bridgehead atoms. The highest BCUT2D eigenvalue weighted by Gasteiger charge is 2.35. The van der Waals surface area contributed by atoms with E-state index in [-0.39, 0.29) is 17.5 Å². The number of piperidine rings is 1. The molecule has 6 rings (SSSR count). The molecule has 14 heteroatoms. The standard InChI is InChI=1S/C32H38F2N8O3S/c1-18-5-7-21(8-6-18)20(3)45-27-12-22(9-10-26(27)40-46(43,44)32(33)34)29-28-30(41(4)39-29)25(16-37-31(28)35)23-14-38-42(17-23)24-11-19(2)13-36-15-24/h5-10,12,14,17,19-20,24,32,36,39-40H,11,13,15-16H2,1-4H3,(H2,35,37)/t19?,20-,24?/m0/s1. The Kier molecular flexibility index (Phi) is 8.51. The number of sulfonamides is 1. The number of aliphatic imine (C=N–C) groups is 1. The summed E-state index contributed by atoms with van der Waals surface area (Å²) in [4.78, 5) is 4.63. The number of likely N-dealkylation sites (N-methyl/N-ethyl adjacent to an activating group) is 1. The Hall–Kier alpha value is -4.43. The normalized spacial score (nSPS) is 20.8. The second-order valence-electron chi connectivity index (χ2n) is 12.1. The van der Waals surface area contributed by atoms with Crippen LogP contribution in [0.4, 0.5) is 14.5 Å². The van der Waals surface area contributed by atoms with Gasteiger partial charge in [-0.05, 0) is 50.4 Å². The van der Waals surface area contributed by atoms with Gasteiger partial charge in [0.2, 0.25) is 0 Å². The second-order valence-corrected chi connectivity index (χ2v) is 13.8. The summed E-state index contributed by atoms with van der Waals surface area (Å²) in [5, 5.41) is 10.0. The number of anilines is 1. The fourth-order valence-electron chi connectivity index (χ4n) is 6.10. The molecule has 2 unspecified atom stereocenters. The third-order valence-corrected chi connectivity index (χ3v) is 9.50. The van der Waals surface area contributed by atoms with Gasteiger partial charge in [0.25, 0.3) is 10.0 Å². The zero-order chi connectivity index (χ0) is 32.7. The number of nitrogens with one attached hydrogen (secondary N) is 3. The fourth-order valence-corrected chi connectivity index (χ4v) is 6.66. The van der Waals surface area contributed by atoms with E-state index in [2.05, 4.69) is 34.0 Å². The van der Waals surface area contributed by atoms with Crippen LogP contribution in [0.5, 0.6) is 5.75 Å². The summed E-state index contributed by atoms with van der Waals surface area (Å²) >= 11 is 0. The highest BCUT2D eigenvalue weighted by molar-refractivity contribution is 7.93. The lowest BCUT2D eigenvalue weighted by Gasteiger charge is -2.28. The molecular formula is C32H38F2N8O3S. The lowest BCUT2D eigenvalue weighted by molar-refractivity contribution is 0.227. The van der Waals surface area contributed by atoms with Gasteiger partial charge in [-0.3, -0.25) is 24.8 Å². The lowest BCUT2D eigenvalue weighted by atomic mass is 9.95. The van der Waals surface area contributed by atoms with Gasteiger partial charge in [-0.1, -0.05) is 42.8 Å². The van der Waals surface area contributed by atoms with Crippen molar-refractivity contribution in [2.24, 2.45) is 16.6 Å². The van der Waals surface area contributed by atoms with Crippen molar-refractivity contribution >= 4 is 32.8 Å². The van der Waals surface area contributed by atoms with Gasteiger partial charge in [-0.2, -0.15) is 13.9 Å². The summed E-state index contributed by atoms with van der Waals surface area (Å²) in [7, 11) is -3.08. The van der Waals surface area contributed by atoms with Gasteiger partial charge in [0.05, 0.1) is 41.4 Å². The number of rotatable bonds is 9. The zero-order valence-corrected chi connectivity index (χ0v) is 26.9. The third-order valence-electron chi connectivity index (χ3n) is 8.53. The first-order valence-electron chi connectivity index (χ1n) is 15.1. The largest absolute Gasteiger partial charge is 0.484 e. The summed E-state index contributed by atoms with van der Waals surface area (Å²) in [6.07, 6.45) is 4.42. The Labute approximate surface area is 267 Å². The van der Waals surface area contributed by atoms with Gasteiger partial charge in [-0.15, -0.1) is 0 Å². The minimum Gasteiger partial charge on any atom is -0.484 e. The van der Waals surface area contributed by atoms with Crippen LogP contribution in [0.15, 0.2) is 71.1 Å². The molecule has 3 aromatic rings. The average Bonchev–Trinajstić information content (AvgIpc) is 3.64. The van der Waals surface area contributed by atoms with Gasteiger partial charge >= 0.3 is 5.76 Å². The molecule has 46 heavy (non-hydrogen) atoms. The molecule has 3 atom stereocenters. The van der Waals surface area contributed by atoms with Crippen molar-refractivity contribution in [3.63, 3.8) is 0 Å². The van der Waals surface area contributed by atoms with Crippen molar-refractivity contribution < 1.29 is 21.9 Å². The number of fused-ring (bicyclic) bond motifs is 1. The van der Waals surface area contributed by atoms with Crippen molar-refractivity contribution in [3.05, 3.63) is 88.4 Å². The summed E-state index contributed by atoms with van der Waals surface area (Å²) < 4.78 is 61.2. The molecule has 1 aromatic heterocycles. The highest BCUT2D eigenvalue weighted by atomic mass is 32.2. The minimum absolute atomic E-state index is 0.0768. The fraction of sp³-hybridized carbons (Fsp3) is 0.375. The Morgan fingerprint density at radius 3 is 2.61 bits per heavy atom. The van der Waals surface area contributed by atoms with Gasteiger partial charge in [-0.25, -0.2) is 8.42 Å². The predicted molar refractivity (Wildman–Crippen MR) is 174 cm³/mol. The number of aromatic nitrogens is 2. The Balaban J connectivity index is 1.39. The van der Waals surface area contributed by atoms with Gasteiger partial charge in [0, 0.05) is 36.5 Å². The van der Waals surface area contributed by atoms with Crippen LogP contribution in [0.1, 0.15) is 54.7 Å². The molecule has 0 amide bonds. The number of dihydropyridines is 1. The summed E-state index contributed by atoms with van der Waals surface area (Å²) in [5.41, 5.74) is 16.3. The Bertz CT molecular complexity index is 1840. The SMILES string of the molecule is Cc1ccc([C@H](C)Oc2cc(C3=C4C(N)=NCC(c5cnn(C6CNCC(C)C6)c5)=C4N(C)N3)ccc2NS(=O)(=O)C(F)F)cc1. The third kappa shape index (κ3) is 6.18. The van der Waals surface area contributed by atoms with Gasteiger partial charge < -0.3 is 15.8 Å². The number of amidine groups is 1. The van der Waals surface area contributed by atoms with Crippen molar-refractivity contribution in [1.29, 1.82) is 0 Å². The second kappa shape index (κ2) is 12.4. The van der Waals surface area contributed by atoms with E-state index in [4.69, 9.17) is 10.5 Å². The van der Waals surface area contributed by atoms with Crippen LogP contribution in [0.2, 0.25) is 0 Å². The van der Waals surface area contributed by atoms with Crippen LogP contribution in [-0.4, -0.2) is 61.5 Å². The molecule has 0 spiro atoms. The first-order valence-corrected chi connectivity index (χ1v) is 16.7. The van der Waals surface area contributed by atoms with Crippen LogP contribution in [-0.2, 0) is 10.0 Å². The summed E-state index contributed by atoms with van der Waals surface area (Å²) in [5.74, 6) is -2.65. The zero-order valence-electron chi connectivity index (χ0n) is 26.1. The van der Waals surface area contributed by atoms with E-state index < -0.39 is 21.9 Å². The summed E-state index contributed by atoms with van der Waals surface area (Å²) in [6, 6.07) is 12.6. The van der Waals surface area contributed by atoms with Crippen molar-refractivity contribution in [1.82, 2.24) is 25.5 Å². The van der Waals surface area contributed by atoms with E-state index in [1.165, 1.54) is 6.07 Å². The topological polar surface area (TPSA) is 139 Å². The first kappa shape index (κ1) is 31.5. The lowest BCUT2D eigenvalue weighted by Crippen LogP contribution is -2.36. The first-order chi connectivity index (χ1) is 21.9. The molecule has 2 aromatic carbocycles. The molecule has 4 heterocycles. The highest BCUT2D eigenvalue weighted by Crippen LogP contribution is 2.40. The summed E-state index contributed by atoms with van der Waals surface area (Å²) in [6.45, 7) is 8.21. The quantitative estimate of drug-likeness (QED) is 0.267. The van der Waals surface area contributed by atoms with E-state index in [0.717, 1.165) is 47.5 Å². The van der Waals surface area contributed by atoms with Crippen LogP contribution in [0, 0.1) is 12.8 Å². The van der Waals surface area contributed by atoms with Crippen molar-refractivity contribution in [2.75, 3.05) is 31.4 Å². The number of aryl methyl sites for hydroxylation is 1. The smallest absolute Gasteiger partial charge is 0.355 e. The molecule has 5 N–H and O–H groups in total. The molecular weight excluding hydrogens is 614 g/mol. The average molecular weight is 653 g/mol. The Morgan fingerprint density at radius 1 is 1.13 bits per heavy atom. The van der Waals surface area contributed by atoms with E-state index in [1.54, 1.807) is 19.1 Å². The number of halogens is 2. The maximum Gasteiger partial charge on any atom is 0.355 e. The molecule has 3 aliphatic heterocycles. The molecule has 11 nitrogen and oxygen atoms in total. The van der Waals surface area contributed by atoms with Crippen LogP contribution in [0.3, 0.4) is 0 Å². The molecule has 0 radical (unpaired) electrons. The number of hydrogen-bond acceptors (Lipinski definition) is 9. The predicted octanol–water partition coefficient (Wildman–Crippen LogP) is 4.41. The van der Waals surface area contributed by atoms with Crippen molar-refractivity contribution in [2.45, 2.75) is 45.1 Å². The number of nitrogens with zero attached hydrogens (tertiary/aromatic N) is 4. The van der Waals surface area contributed by atoms with E-state index in [9.17, 15) is 17.2 Å². The number of nitrogens with two attached hydrogens (primary N) is 1. The molecule has 0 aliphatic carbocycles. The monoisotopic (exact) mass is 652 g/mol. The Morgan fingerprint density at radius 2 is 1.89 bits per heavy atom. The molecule has 0 saturated carbocycles. The van der Waals surface area contributed by atoms with E-state index >= 15 is 0 Å². The number of alkyl halides is 2. The number of ether oxygens (including phenoxy) is 1. The van der Waals surface area contributed by atoms with Gasteiger partial charge in [0.1, 0.15) is 17.7 Å². The van der Waals surface area contributed by atoms with Crippen LogP contribution >= 0.6 is 0 Å². The molecule has 3 aliphatic rings. The maximum atomic E-state index is 13.3. The van der Waals surface area contributed by atoms with Crippen molar-refractivity contribution in [3.8, 4) is 5.75 Å². The molecule has 244 valence electrons. The molecule has 1 saturated heterocycles. The minimum atomic E-state index is -4.95. The van der Waals surface area contributed by atoms with Crippen LogP contribution in [0.25, 0.3) is 11.3 Å². The molecule has 1 fully saturated rings. The van der Waals surface area contributed by atoms with Gasteiger partial charge in [0.15, 0.2) is 0 Å². The maximum absolute atomic E-state index is 13.3. The van der Waals surface area contributed by atoms with Crippen LogP contribution < -0.4 is 25.9 Å². The number of hydrazine groups is 1.